The van der Waals surface area contributed by atoms with E-state index in [0.29, 0.717) is 51.4 Å². The van der Waals surface area contributed by atoms with Gasteiger partial charge in [0, 0.05) is 50.9 Å². The van der Waals surface area contributed by atoms with Gasteiger partial charge in [-0.05, 0) is 64.2 Å². The molecule has 0 saturated carbocycles. The summed E-state index contributed by atoms with van der Waals surface area (Å²) in [5.74, 6) is -0.110. The number of urea groups is 1. The summed E-state index contributed by atoms with van der Waals surface area (Å²) in [5.41, 5.74) is 0. The van der Waals surface area contributed by atoms with E-state index in [9.17, 15) is 33.1 Å². The molecule has 0 aliphatic heterocycles. The van der Waals surface area contributed by atoms with Crippen LogP contribution in [0.15, 0.2) is 25.3 Å². The van der Waals surface area contributed by atoms with Gasteiger partial charge in [-0.1, -0.05) is 400 Å². The van der Waals surface area contributed by atoms with E-state index >= 15 is 0 Å². The third kappa shape index (κ3) is 78.1. The van der Waals surface area contributed by atoms with Crippen LogP contribution in [-0.4, -0.2) is 107 Å². The first-order valence-electron chi connectivity index (χ1n) is 49.1. The van der Waals surface area contributed by atoms with E-state index in [4.69, 9.17) is 27.1 Å². The minimum atomic E-state index is -4.29. The van der Waals surface area contributed by atoms with Crippen molar-refractivity contribution in [2.75, 3.05) is 52.7 Å². The molecule has 19 nitrogen and oxygen atoms in total. The Balaban J connectivity index is 6.23. The van der Waals surface area contributed by atoms with Gasteiger partial charge in [-0.3, -0.25) is 46.3 Å². The first-order valence-corrected chi connectivity index (χ1v) is 52.1. The van der Waals surface area contributed by atoms with Crippen molar-refractivity contribution in [3.63, 3.8) is 0 Å². The van der Waals surface area contributed by atoms with Gasteiger partial charge in [0.1, 0.15) is 0 Å². The molecule has 0 fully saturated rings. The molecule has 0 rings (SSSR count). The van der Waals surface area contributed by atoms with Crippen LogP contribution in [0.5, 0.6) is 0 Å². The molecular formula is C95H186N6O13P2. The molecule has 21 heteroatoms. The maximum atomic E-state index is 14.4. The van der Waals surface area contributed by atoms with Crippen LogP contribution >= 0.6 is 15.6 Å². The number of phosphoric ester groups is 2. The van der Waals surface area contributed by atoms with Gasteiger partial charge in [-0.2, -0.15) is 0 Å². The number of phosphoric acid groups is 2. The maximum absolute atomic E-state index is 14.4. The minimum absolute atomic E-state index is 0.0585. The van der Waals surface area contributed by atoms with Gasteiger partial charge >= 0.3 is 21.7 Å². The summed E-state index contributed by atoms with van der Waals surface area (Å²) in [6.45, 7) is 19.6. The lowest BCUT2D eigenvalue weighted by Gasteiger charge is -2.25. The normalized spacial score (nSPS) is 13.6. The summed E-state index contributed by atoms with van der Waals surface area (Å²) in [5, 5.41) is 18.5. The number of hydrogen-bond acceptors (Lipinski definition) is 13. The SMILES string of the molecule is C=CCOP(=O)(OCCNC(=O)NCCOP(=O)(OCC=C)OC[C@@H](CCC(CCCCCCCCC)NC(=O)CCCCCCCCCCCCC)NC(=O)CCCCCCCCCCCCC)OC[C@@H](CCC(CCCCCCCCC)NC(=O)CCCCCCCCCCCCC)NC(=O)CCCCCCCCCCCCC. The molecular weight excluding hydrogens is 1500 g/mol. The fourth-order valence-electron chi connectivity index (χ4n) is 15.1. The molecule has 0 heterocycles. The summed E-state index contributed by atoms with van der Waals surface area (Å²) in [6.07, 6.45) is 77.0. The lowest BCUT2D eigenvalue weighted by Crippen LogP contribution is -2.41. The Morgan fingerprint density at radius 3 is 0.681 bits per heavy atom. The van der Waals surface area contributed by atoms with E-state index in [0.717, 1.165) is 141 Å². The summed E-state index contributed by atoms with van der Waals surface area (Å²) in [7, 11) is -8.59. The predicted molar refractivity (Wildman–Crippen MR) is 488 cm³/mol. The Morgan fingerprint density at radius 2 is 0.457 bits per heavy atom. The number of nitrogens with one attached hydrogen (secondary N) is 6. The van der Waals surface area contributed by atoms with E-state index in [1.807, 2.05) is 0 Å². The number of amides is 6. The van der Waals surface area contributed by atoms with E-state index in [1.54, 1.807) is 0 Å². The van der Waals surface area contributed by atoms with Crippen LogP contribution in [0.3, 0.4) is 0 Å². The Hall–Kier alpha value is -3.15. The van der Waals surface area contributed by atoms with Crippen LogP contribution in [0.1, 0.15) is 478 Å². The largest absolute Gasteiger partial charge is 0.475 e. The quantitative estimate of drug-likeness (QED) is 0.0189. The number of hydrogen-bond donors (Lipinski definition) is 6. The molecule has 0 aliphatic carbocycles. The molecule has 6 atom stereocenters. The van der Waals surface area contributed by atoms with Crippen LogP contribution in [0.25, 0.3) is 0 Å². The molecule has 6 amide bonds. The average molecular weight is 1680 g/mol. The van der Waals surface area contributed by atoms with Crippen molar-refractivity contribution in [3.8, 4) is 0 Å². The number of unbranched alkanes of at least 4 members (excludes halogenated alkanes) is 52. The summed E-state index contributed by atoms with van der Waals surface area (Å²) in [6, 6.07) is -1.96. The molecule has 0 saturated heterocycles. The second-order valence-electron chi connectivity index (χ2n) is 33.7. The van der Waals surface area contributed by atoms with Crippen LogP contribution in [-0.2, 0) is 55.5 Å². The lowest BCUT2D eigenvalue weighted by molar-refractivity contribution is -0.123. The lowest BCUT2D eigenvalue weighted by atomic mass is 9.99. The third-order valence-corrected chi connectivity index (χ3v) is 25.2. The molecule has 4 unspecified atom stereocenters. The highest BCUT2D eigenvalue weighted by Crippen LogP contribution is 2.50. The van der Waals surface area contributed by atoms with Crippen molar-refractivity contribution in [1.29, 1.82) is 0 Å². The minimum Gasteiger partial charge on any atom is -0.353 e. The average Bonchev–Trinajstić information content (AvgIpc) is 0.889. The Labute approximate surface area is 714 Å². The van der Waals surface area contributed by atoms with Gasteiger partial charge in [0.15, 0.2) is 0 Å². The monoisotopic (exact) mass is 1680 g/mol. The summed E-state index contributed by atoms with van der Waals surface area (Å²) < 4.78 is 63.9. The number of rotatable bonds is 94. The molecule has 684 valence electrons. The van der Waals surface area contributed by atoms with Crippen molar-refractivity contribution in [3.05, 3.63) is 25.3 Å². The van der Waals surface area contributed by atoms with Gasteiger partial charge in [-0.25, -0.2) is 13.9 Å². The zero-order chi connectivity index (χ0) is 84.8. The predicted octanol–water partition coefficient (Wildman–Crippen LogP) is 27.6. The molecule has 116 heavy (non-hydrogen) atoms. The second-order valence-corrected chi connectivity index (χ2v) is 37.0. The van der Waals surface area contributed by atoms with Crippen LogP contribution in [0, 0.1) is 0 Å². The fourth-order valence-corrected chi connectivity index (χ4v) is 17.4. The number of carbonyl (C=O) groups excluding carboxylic acids is 5. The van der Waals surface area contributed by atoms with Gasteiger partial charge in [0.25, 0.3) is 0 Å². The molecule has 0 aromatic heterocycles. The van der Waals surface area contributed by atoms with Crippen molar-refractivity contribution < 1.29 is 60.2 Å². The Bertz CT molecular complexity index is 2190. The molecule has 0 spiro atoms. The Kier molecular flexibility index (Phi) is 84.4. The van der Waals surface area contributed by atoms with E-state index in [-0.39, 0.29) is 88.4 Å². The molecule has 0 aromatic rings. The van der Waals surface area contributed by atoms with Crippen molar-refractivity contribution in [2.45, 2.75) is 502 Å². The van der Waals surface area contributed by atoms with Crippen molar-refractivity contribution in [2.24, 2.45) is 0 Å². The first kappa shape index (κ1) is 113. The van der Waals surface area contributed by atoms with E-state index in [1.165, 1.54) is 256 Å². The summed E-state index contributed by atoms with van der Waals surface area (Å²) >= 11 is 0. The molecule has 0 aromatic carbocycles. The molecule has 6 N–H and O–H groups in total. The first-order chi connectivity index (χ1) is 56.6. The smallest absolute Gasteiger partial charge is 0.353 e. The van der Waals surface area contributed by atoms with Gasteiger partial charge in [-0.15, -0.1) is 13.2 Å². The maximum Gasteiger partial charge on any atom is 0.475 e. The summed E-state index contributed by atoms with van der Waals surface area (Å²) in [4.78, 5) is 68.0. The van der Waals surface area contributed by atoms with Crippen LogP contribution in [0.2, 0.25) is 0 Å². The van der Waals surface area contributed by atoms with Gasteiger partial charge < -0.3 is 31.9 Å². The van der Waals surface area contributed by atoms with Crippen LogP contribution in [0.4, 0.5) is 4.79 Å². The standard InChI is InChI=1S/C95H186N6O13P2/c1-9-17-23-29-35-39-43-47-53-59-65-71-91(102)98-87(69-63-57-51-33-27-21-13-5)75-77-89(100-93(104)73-67-61-55-49-45-41-37-31-25-19-11-3)85-113-115(107,109-81-15-7)111-83-79-96-95(106)97-80-84-112-116(108,110-82-16-8)114-86-90(101-94(105)74-68-62-56-50-46-42-38-32-26-20-12-4)78-76-88(70-64-58-52-34-28-22-14-6)99-92(103)72-66-60-54-48-44-40-36-30-24-18-10-2/h15-16,87-90H,7-14,17-86H2,1-6H3,(H,98,102)(H,99,103)(H,100,104)(H,101,105)(H2,96,97,106)/t87?,88?,89-,90-,115?,116?/m1/s1. The molecule has 0 aliphatic rings. The zero-order valence-electron chi connectivity index (χ0n) is 76.3. The number of carbonyl (C=O) groups is 5. The van der Waals surface area contributed by atoms with E-state index in [2.05, 4.69) is 86.6 Å². The topological polar surface area (TPSA) is 247 Å². The van der Waals surface area contributed by atoms with Gasteiger partial charge in [0.05, 0.1) is 51.7 Å². The van der Waals surface area contributed by atoms with Crippen LogP contribution < -0.4 is 31.9 Å². The van der Waals surface area contributed by atoms with Crippen molar-refractivity contribution >= 4 is 45.3 Å². The molecule has 0 radical (unpaired) electrons. The van der Waals surface area contributed by atoms with Crippen molar-refractivity contribution in [1.82, 2.24) is 31.9 Å². The van der Waals surface area contributed by atoms with Gasteiger partial charge in [0.2, 0.25) is 23.6 Å². The second kappa shape index (κ2) is 86.8. The highest BCUT2D eigenvalue weighted by molar-refractivity contribution is 7.48. The highest BCUT2D eigenvalue weighted by atomic mass is 31.2. The highest BCUT2D eigenvalue weighted by Gasteiger charge is 2.31. The third-order valence-electron chi connectivity index (χ3n) is 22.4. The fraction of sp³-hybridized carbons (Fsp3) is 0.905. The van der Waals surface area contributed by atoms with E-state index < -0.39 is 33.8 Å². The zero-order valence-corrected chi connectivity index (χ0v) is 78.1. The Morgan fingerprint density at radius 1 is 0.259 bits per heavy atom. The molecule has 0 bridgehead atoms.